The Morgan fingerprint density at radius 2 is 1.83 bits per heavy atom. The van der Waals surface area contributed by atoms with Crippen LogP contribution in [0.1, 0.15) is 21.7 Å². The SMILES string of the molecule is Cc1ccccc1S(C)(=O)=NC(=O)c1nnn(-c2ccc(Cl)cc2Cl)c1C(F)(F)F. The summed E-state index contributed by atoms with van der Waals surface area (Å²) in [6, 6.07) is 10.2. The molecule has 0 saturated heterocycles. The van der Waals surface area contributed by atoms with Crippen molar-refractivity contribution >= 4 is 38.8 Å². The fraction of sp³-hybridized carbons (Fsp3) is 0.167. The monoisotopic (exact) mass is 476 g/mol. The number of amides is 1. The molecule has 158 valence electrons. The number of rotatable bonds is 3. The van der Waals surface area contributed by atoms with Gasteiger partial charge in [0.2, 0.25) is 0 Å². The minimum atomic E-state index is -5.02. The predicted molar refractivity (Wildman–Crippen MR) is 107 cm³/mol. The first-order chi connectivity index (χ1) is 13.9. The van der Waals surface area contributed by atoms with Crippen LogP contribution >= 0.6 is 23.2 Å². The molecular formula is C18H13Cl2F3N4O2S. The van der Waals surface area contributed by atoms with Gasteiger partial charge in [-0.2, -0.15) is 17.5 Å². The summed E-state index contributed by atoms with van der Waals surface area (Å²) in [4.78, 5) is 12.8. The van der Waals surface area contributed by atoms with Gasteiger partial charge in [-0.1, -0.05) is 46.6 Å². The highest BCUT2D eigenvalue weighted by atomic mass is 35.5. The van der Waals surface area contributed by atoms with Gasteiger partial charge >= 0.3 is 12.1 Å². The third kappa shape index (κ3) is 4.35. The maximum absolute atomic E-state index is 13.8. The van der Waals surface area contributed by atoms with Crippen LogP contribution in [-0.2, 0) is 15.9 Å². The first-order valence-electron chi connectivity index (χ1n) is 8.22. The van der Waals surface area contributed by atoms with Crippen LogP contribution in [-0.4, -0.2) is 31.4 Å². The van der Waals surface area contributed by atoms with Gasteiger partial charge < -0.3 is 0 Å². The van der Waals surface area contributed by atoms with Gasteiger partial charge in [0.25, 0.3) is 0 Å². The lowest BCUT2D eigenvalue weighted by Gasteiger charge is -2.12. The summed E-state index contributed by atoms with van der Waals surface area (Å²) >= 11 is 11.8. The zero-order chi connectivity index (χ0) is 22.3. The summed E-state index contributed by atoms with van der Waals surface area (Å²) in [7, 11) is -3.33. The second-order valence-corrected chi connectivity index (χ2v) is 9.33. The minimum absolute atomic E-state index is 0.131. The molecule has 30 heavy (non-hydrogen) atoms. The van der Waals surface area contributed by atoms with Gasteiger partial charge in [-0.15, -0.1) is 5.10 Å². The number of nitrogens with zero attached hydrogens (tertiary/aromatic N) is 4. The number of benzene rings is 2. The highest BCUT2D eigenvalue weighted by Crippen LogP contribution is 2.35. The van der Waals surface area contributed by atoms with E-state index in [4.69, 9.17) is 23.2 Å². The molecule has 3 rings (SSSR count). The summed E-state index contributed by atoms with van der Waals surface area (Å²) in [6.07, 6.45) is -3.86. The van der Waals surface area contributed by atoms with Crippen LogP contribution in [0.25, 0.3) is 5.69 Å². The fourth-order valence-corrected chi connectivity index (χ4v) is 4.72. The minimum Gasteiger partial charge on any atom is -0.264 e. The summed E-state index contributed by atoms with van der Waals surface area (Å²) < 4.78 is 58.2. The van der Waals surface area contributed by atoms with Crippen LogP contribution in [0.3, 0.4) is 0 Å². The molecule has 0 saturated carbocycles. The first-order valence-corrected chi connectivity index (χ1v) is 10.9. The Morgan fingerprint density at radius 1 is 1.17 bits per heavy atom. The van der Waals surface area contributed by atoms with Crippen molar-refractivity contribution in [2.45, 2.75) is 18.0 Å². The van der Waals surface area contributed by atoms with Crippen LogP contribution in [0.4, 0.5) is 13.2 Å². The molecule has 1 heterocycles. The van der Waals surface area contributed by atoms with Gasteiger partial charge in [-0.3, -0.25) is 4.79 Å². The zero-order valence-electron chi connectivity index (χ0n) is 15.4. The van der Waals surface area contributed by atoms with Crippen LogP contribution < -0.4 is 0 Å². The number of hydrogen-bond donors (Lipinski definition) is 0. The summed E-state index contributed by atoms with van der Waals surface area (Å²) in [5.74, 6) is -1.41. The lowest BCUT2D eigenvalue weighted by atomic mass is 10.2. The molecule has 0 fully saturated rings. The molecule has 3 aromatic rings. The van der Waals surface area contributed by atoms with Crippen molar-refractivity contribution in [1.29, 1.82) is 0 Å². The van der Waals surface area contributed by atoms with Crippen molar-refractivity contribution in [3.05, 3.63) is 69.5 Å². The Bertz CT molecular complexity index is 1260. The molecule has 1 amide bonds. The molecule has 0 aliphatic carbocycles. The van der Waals surface area contributed by atoms with Crippen molar-refractivity contribution in [1.82, 2.24) is 15.0 Å². The average molecular weight is 477 g/mol. The number of carbonyl (C=O) groups is 1. The number of carbonyl (C=O) groups excluding carboxylic acids is 1. The van der Waals surface area contributed by atoms with Crippen LogP contribution in [0.2, 0.25) is 10.0 Å². The topological polar surface area (TPSA) is 77.2 Å². The highest BCUT2D eigenvalue weighted by Gasteiger charge is 2.42. The molecule has 0 radical (unpaired) electrons. The van der Waals surface area contributed by atoms with Gasteiger partial charge in [0, 0.05) is 11.3 Å². The Morgan fingerprint density at radius 3 is 2.43 bits per heavy atom. The molecule has 6 nitrogen and oxygen atoms in total. The maximum Gasteiger partial charge on any atom is 0.435 e. The number of aromatic nitrogens is 3. The van der Waals surface area contributed by atoms with E-state index in [1.807, 2.05) is 0 Å². The van der Waals surface area contributed by atoms with Crippen molar-refractivity contribution in [2.24, 2.45) is 4.36 Å². The third-order valence-corrected chi connectivity index (χ3v) is 6.36. The number of hydrogen-bond acceptors (Lipinski definition) is 4. The Hall–Kier alpha value is -2.43. The maximum atomic E-state index is 13.8. The molecule has 1 atom stereocenters. The zero-order valence-corrected chi connectivity index (χ0v) is 17.8. The third-order valence-electron chi connectivity index (χ3n) is 4.04. The van der Waals surface area contributed by atoms with Crippen LogP contribution in [0.5, 0.6) is 0 Å². The Labute approximate surface area is 179 Å². The highest BCUT2D eigenvalue weighted by molar-refractivity contribution is 7.93. The predicted octanol–water partition coefficient (Wildman–Crippen LogP) is 5.20. The van der Waals surface area contributed by atoms with E-state index in [1.165, 1.54) is 30.5 Å². The second kappa shape index (κ2) is 8.01. The summed E-state index contributed by atoms with van der Waals surface area (Å²) in [5, 5.41) is 6.86. The number of alkyl halides is 3. The van der Waals surface area contributed by atoms with Gasteiger partial charge in [-0.05, 0) is 36.8 Å². The first kappa shape index (κ1) is 22.3. The van der Waals surface area contributed by atoms with E-state index in [0.717, 1.165) is 0 Å². The van der Waals surface area contributed by atoms with E-state index in [1.54, 1.807) is 25.1 Å². The standard InChI is InChI=1S/C18H13Cl2F3N4O2S/c1-10-5-3-4-6-14(10)30(2,29)25-17(28)15-16(18(21,22)23)27(26-24-15)13-8-7-11(19)9-12(13)20/h3-9H,1-2H3. The molecule has 0 aliphatic heterocycles. The molecule has 0 bridgehead atoms. The molecule has 1 aromatic heterocycles. The molecular weight excluding hydrogens is 464 g/mol. The number of halogens is 5. The molecule has 12 heteroatoms. The van der Waals surface area contributed by atoms with Crippen LogP contribution in [0, 0.1) is 6.92 Å². The van der Waals surface area contributed by atoms with Gasteiger partial charge in [0.05, 0.1) is 25.3 Å². The fourth-order valence-electron chi connectivity index (χ4n) is 2.73. The lowest BCUT2D eigenvalue weighted by molar-refractivity contribution is -0.143. The second-order valence-electron chi connectivity index (χ2n) is 6.26. The van der Waals surface area contributed by atoms with Crippen molar-refractivity contribution in [3.8, 4) is 5.69 Å². The van der Waals surface area contributed by atoms with E-state index < -0.39 is 33.2 Å². The molecule has 0 aliphatic rings. The largest absolute Gasteiger partial charge is 0.435 e. The van der Waals surface area contributed by atoms with Crippen molar-refractivity contribution in [3.63, 3.8) is 0 Å². The van der Waals surface area contributed by atoms with E-state index in [-0.39, 0.29) is 20.6 Å². The van der Waals surface area contributed by atoms with Gasteiger partial charge in [0.15, 0.2) is 11.4 Å². The number of aryl methyl sites for hydroxylation is 1. The van der Waals surface area contributed by atoms with E-state index in [0.29, 0.717) is 10.2 Å². The van der Waals surface area contributed by atoms with Crippen molar-refractivity contribution in [2.75, 3.05) is 6.26 Å². The lowest BCUT2D eigenvalue weighted by Crippen LogP contribution is -2.18. The van der Waals surface area contributed by atoms with E-state index in [9.17, 15) is 22.2 Å². The molecule has 1 unspecified atom stereocenters. The molecule has 2 aromatic carbocycles. The summed E-state index contributed by atoms with van der Waals surface area (Å²) in [5.41, 5.74) is -2.18. The Balaban J connectivity index is 2.18. The van der Waals surface area contributed by atoms with Gasteiger partial charge in [-0.25, -0.2) is 8.89 Å². The smallest absolute Gasteiger partial charge is 0.264 e. The van der Waals surface area contributed by atoms with Crippen LogP contribution in [0.15, 0.2) is 51.7 Å². The molecule has 0 N–H and O–H groups in total. The summed E-state index contributed by atoms with van der Waals surface area (Å²) in [6.45, 7) is 1.65. The van der Waals surface area contributed by atoms with Gasteiger partial charge in [0.1, 0.15) is 0 Å². The molecule has 0 spiro atoms. The Kier molecular flexibility index (Phi) is 5.94. The quantitative estimate of drug-likeness (QED) is 0.520. The normalized spacial score (nSPS) is 13.7. The van der Waals surface area contributed by atoms with E-state index >= 15 is 0 Å². The average Bonchev–Trinajstić information content (AvgIpc) is 3.07. The van der Waals surface area contributed by atoms with E-state index in [2.05, 4.69) is 14.7 Å². The van der Waals surface area contributed by atoms with Crippen molar-refractivity contribution < 1.29 is 22.2 Å².